The highest BCUT2D eigenvalue weighted by molar-refractivity contribution is 7.19. The Kier molecular flexibility index (Phi) is 3.38. The maximum absolute atomic E-state index is 13.5. The summed E-state index contributed by atoms with van der Waals surface area (Å²) in [5, 5.41) is 17.7. The number of hydrogen-bond donors (Lipinski definition) is 0. The van der Waals surface area contributed by atoms with Gasteiger partial charge in [-0.15, -0.1) is 10.2 Å². The van der Waals surface area contributed by atoms with Crippen molar-refractivity contribution in [3.63, 3.8) is 0 Å². The van der Waals surface area contributed by atoms with Gasteiger partial charge in [0, 0.05) is 17.8 Å². The summed E-state index contributed by atoms with van der Waals surface area (Å²) in [5.74, 6) is -1.48. The SMILES string of the molecule is CCn1nc(-c2nn3c(-c4ccc(F)c(F)c4)nnc3s2)cc1C. The van der Waals surface area contributed by atoms with Crippen LogP contribution in [0.3, 0.4) is 0 Å². The van der Waals surface area contributed by atoms with Gasteiger partial charge in [0.2, 0.25) is 4.96 Å². The minimum Gasteiger partial charge on any atom is -0.269 e. The number of halogens is 2. The lowest BCUT2D eigenvalue weighted by molar-refractivity contribution is 0.509. The van der Waals surface area contributed by atoms with Gasteiger partial charge < -0.3 is 0 Å². The minimum atomic E-state index is -0.933. The van der Waals surface area contributed by atoms with E-state index < -0.39 is 11.6 Å². The molecule has 1 aromatic carbocycles. The monoisotopic (exact) mass is 346 g/mol. The van der Waals surface area contributed by atoms with Gasteiger partial charge in [0.15, 0.2) is 22.5 Å². The molecule has 0 radical (unpaired) electrons. The highest BCUT2D eigenvalue weighted by atomic mass is 32.1. The molecular formula is C15H12F2N6S. The Balaban J connectivity index is 1.82. The van der Waals surface area contributed by atoms with E-state index in [1.807, 2.05) is 24.6 Å². The molecule has 9 heteroatoms. The number of hydrogen-bond acceptors (Lipinski definition) is 5. The zero-order chi connectivity index (χ0) is 16.8. The molecule has 24 heavy (non-hydrogen) atoms. The molecule has 0 aliphatic heterocycles. The number of nitrogens with zero attached hydrogens (tertiary/aromatic N) is 6. The molecule has 0 N–H and O–H groups in total. The lowest BCUT2D eigenvalue weighted by Gasteiger charge is -1.98. The van der Waals surface area contributed by atoms with Crippen LogP contribution >= 0.6 is 11.3 Å². The molecule has 0 aliphatic carbocycles. The van der Waals surface area contributed by atoms with Crippen LogP contribution in [-0.4, -0.2) is 29.6 Å². The first-order valence-corrected chi connectivity index (χ1v) is 8.11. The lowest BCUT2D eigenvalue weighted by atomic mass is 10.2. The van der Waals surface area contributed by atoms with Crippen molar-refractivity contribution in [2.75, 3.05) is 0 Å². The first kappa shape index (κ1) is 14.9. The van der Waals surface area contributed by atoms with Crippen LogP contribution in [0.5, 0.6) is 0 Å². The second-order valence-electron chi connectivity index (χ2n) is 5.24. The molecule has 0 atom stereocenters. The predicted molar refractivity (Wildman–Crippen MR) is 85.6 cm³/mol. The molecule has 0 saturated carbocycles. The highest BCUT2D eigenvalue weighted by Gasteiger charge is 2.17. The fraction of sp³-hybridized carbons (Fsp3) is 0.200. The van der Waals surface area contributed by atoms with Crippen molar-refractivity contribution < 1.29 is 8.78 Å². The maximum atomic E-state index is 13.5. The Morgan fingerprint density at radius 2 is 1.92 bits per heavy atom. The second-order valence-corrected chi connectivity index (χ2v) is 6.20. The third-order valence-electron chi connectivity index (χ3n) is 3.67. The molecule has 0 aliphatic rings. The number of rotatable bonds is 3. The Hall–Kier alpha value is -2.68. The van der Waals surface area contributed by atoms with Crippen LogP contribution in [-0.2, 0) is 6.54 Å². The Bertz CT molecular complexity index is 1050. The molecule has 4 aromatic rings. The van der Waals surface area contributed by atoms with E-state index in [2.05, 4.69) is 20.4 Å². The average molecular weight is 346 g/mol. The first-order chi connectivity index (χ1) is 11.6. The first-order valence-electron chi connectivity index (χ1n) is 7.29. The molecule has 0 amide bonds. The van der Waals surface area contributed by atoms with Crippen LogP contribution in [0.2, 0.25) is 0 Å². The van der Waals surface area contributed by atoms with Crippen molar-refractivity contribution in [1.29, 1.82) is 0 Å². The zero-order valence-corrected chi connectivity index (χ0v) is 13.7. The van der Waals surface area contributed by atoms with Crippen molar-refractivity contribution >= 4 is 16.3 Å². The predicted octanol–water partition coefficient (Wildman–Crippen LogP) is 3.32. The molecule has 0 bridgehead atoms. The Morgan fingerprint density at radius 1 is 1.08 bits per heavy atom. The summed E-state index contributed by atoms with van der Waals surface area (Å²) in [6.45, 7) is 4.77. The van der Waals surface area contributed by atoms with Gasteiger partial charge in [-0.2, -0.15) is 14.7 Å². The minimum absolute atomic E-state index is 0.359. The fourth-order valence-corrected chi connectivity index (χ4v) is 3.27. The van der Waals surface area contributed by atoms with Gasteiger partial charge in [0.05, 0.1) is 0 Å². The zero-order valence-electron chi connectivity index (χ0n) is 12.9. The smallest absolute Gasteiger partial charge is 0.235 e. The van der Waals surface area contributed by atoms with Crippen LogP contribution in [0.15, 0.2) is 24.3 Å². The van der Waals surface area contributed by atoms with E-state index in [1.54, 1.807) is 0 Å². The maximum Gasteiger partial charge on any atom is 0.235 e. The van der Waals surface area contributed by atoms with E-state index in [1.165, 1.54) is 21.9 Å². The summed E-state index contributed by atoms with van der Waals surface area (Å²) in [7, 11) is 0. The molecule has 0 unspecified atom stereocenters. The van der Waals surface area contributed by atoms with Crippen molar-refractivity contribution in [1.82, 2.24) is 29.6 Å². The lowest BCUT2D eigenvalue weighted by Crippen LogP contribution is -1.98. The molecule has 122 valence electrons. The van der Waals surface area contributed by atoms with Crippen LogP contribution in [0.4, 0.5) is 8.78 Å². The Labute approximate surface area is 139 Å². The van der Waals surface area contributed by atoms with E-state index in [-0.39, 0.29) is 0 Å². The summed E-state index contributed by atoms with van der Waals surface area (Å²) >= 11 is 1.34. The summed E-state index contributed by atoms with van der Waals surface area (Å²) in [5.41, 5.74) is 2.20. The van der Waals surface area contributed by atoms with E-state index in [0.717, 1.165) is 30.1 Å². The number of aryl methyl sites for hydroxylation is 2. The van der Waals surface area contributed by atoms with Crippen molar-refractivity contribution in [3.05, 3.63) is 41.6 Å². The van der Waals surface area contributed by atoms with Crippen LogP contribution in [0, 0.1) is 18.6 Å². The highest BCUT2D eigenvalue weighted by Crippen LogP contribution is 2.28. The van der Waals surface area contributed by atoms with Crippen LogP contribution < -0.4 is 0 Å². The molecule has 0 spiro atoms. The molecule has 6 nitrogen and oxygen atoms in total. The topological polar surface area (TPSA) is 60.9 Å². The van der Waals surface area contributed by atoms with Gasteiger partial charge in [-0.25, -0.2) is 8.78 Å². The van der Waals surface area contributed by atoms with E-state index in [9.17, 15) is 8.78 Å². The average Bonchev–Trinajstić information content (AvgIpc) is 3.23. The summed E-state index contributed by atoms with van der Waals surface area (Å²) < 4.78 is 30.0. The molecule has 4 rings (SSSR count). The van der Waals surface area contributed by atoms with Crippen molar-refractivity contribution in [2.45, 2.75) is 20.4 Å². The molecule has 0 fully saturated rings. The summed E-state index contributed by atoms with van der Waals surface area (Å²) in [4.78, 5) is 0.563. The van der Waals surface area contributed by atoms with Gasteiger partial charge in [-0.3, -0.25) is 4.68 Å². The number of fused-ring (bicyclic) bond motifs is 1. The van der Waals surface area contributed by atoms with E-state index in [4.69, 9.17) is 0 Å². The fourth-order valence-electron chi connectivity index (χ4n) is 2.47. The van der Waals surface area contributed by atoms with Crippen LogP contribution in [0.1, 0.15) is 12.6 Å². The normalized spacial score (nSPS) is 11.5. The third kappa shape index (κ3) is 2.28. The second kappa shape index (κ2) is 5.45. The van der Waals surface area contributed by atoms with Crippen LogP contribution in [0.25, 0.3) is 27.1 Å². The van der Waals surface area contributed by atoms with E-state index in [0.29, 0.717) is 21.4 Å². The standard InChI is InChI=1S/C15H12F2N6S/c1-3-22-8(2)6-12(20-22)14-21-23-13(18-19-15(23)24-14)9-4-5-10(16)11(17)7-9/h4-7H,3H2,1-2H3. The van der Waals surface area contributed by atoms with Gasteiger partial charge in [-0.05, 0) is 38.1 Å². The quantitative estimate of drug-likeness (QED) is 0.571. The molecular weight excluding hydrogens is 334 g/mol. The number of aromatic nitrogens is 6. The van der Waals surface area contributed by atoms with E-state index >= 15 is 0 Å². The van der Waals surface area contributed by atoms with Crippen molar-refractivity contribution in [3.8, 4) is 22.1 Å². The van der Waals surface area contributed by atoms with Crippen molar-refractivity contribution in [2.24, 2.45) is 0 Å². The van der Waals surface area contributed by atoms with Gasteiger partial charge in [0.1, 0.15) is 5.69 Å². The molecule has 3 aromatic heterocycles. The Morgan fingerprint density at radius 3 is 2.62 bits per heavy atom. The third-order valence-corrected chi connectivity index (χ3v) is 4.59. The molecule has 3 heterocycles. The number of benzene rings is 1. The summed E-state index contributed by atoms with van der Waals surface area (Å²) in [6.07, 6.45) is 0. The van der Waals surface area contributed by atoms with Gasteiger partial charge in [-0.1, -0.05) is 11.3 Å². The summed E-state index contributed by atoms with van der Waals surface area (Å²) in [6, 6.07) is 5.54. The largest absolute Gasteiger partial charge is 0.269 e. The van der Waals surface area contributed by atoms with Gasteiger partial charge in [0.25, 0.3) is 0 Å². The van der Waals surface area contributed by atoms with Gasteiger partial charge >= 0.3 is 0 Å². The molecule has 0 saturated heterocycles.